The molecular weight excluding hydrogens is 420 g/mol. The first-order valence-electron chi connectivity index (χ1n) is 9.61. The topological polar surface area (TPSA) is 59.9 Å². The van der Waals surface area contributed by atoms with E-state index in [2.05, 4.69) is 4.85 Å². The van der Waals surface area contributed by atoms with Crippen molar-refractivity contribution in [1.29, 1.82) is 0 Å². The Hall–Kier alpha value is -3.28. The van der Waals surface area contributed by atoms with E-state index in [1.54, 1.807) is 23.1 Å². The second kappa shape index (κ2) is 8.46. The van der Waals surface area contributed by atoms with Crippen molar-refractivity contribution in [2.24, 2.45) is 5.73 Å². The lowest BCUT2D eigenvalue weighted by molar-refractivity contribution is 0.0795. The van der Waals surface area contributed by atoms with E-state index in [9.17, 15) is 13.6 Å². The lowest BCUT2D eigenvalue weighted by Crippen LogP contribution is -2.31. The average Bonchev–Trinajstić information content (AvgIpc) is 3.40. The normalized spacial score (nSPS) is 15.7. The molecule has 0 unspecified atom stereocenters. The third-order valence-electron chi connectivity index (χ3n) is 5.25. The number of rotatable bonds is 4. The van der Waals surface area contributed by atoms with Gasteiger partial charge in [-0.05, 0) is 47.9 Å². The Balaban J connectivity index is 1.83. The molecule has 0 aliphatic carbocycles. The first kappa shape index (κ1) is 21.0. The molecule has 3 aromatic rings. The van der Waals surface area contributed by atoms with Crippen molar-refractivity contribution in [2.75, 3.05) is 20.2 Å². The number of likely N-dealkylation sites (tertiary alicyclic amines) is 1. The van der Waals surface area contributed by atoms with Gasteiger partial charge in [0.15, 0.2) is 11.6 Å². The molecule has 1 saturated heterocycles. The van der Waals surface area contributed by atoms with Gasteiger partial charge >= 0.3 is 0 Å². The van der Waals surface area contributed by atoms with Gasteiger partial charge in [0.1, 0.15) is 5.82 Å². The third-order valence-corrected chi connectivity index (χ3v) is 6.42. The molecule has 0 spiro atoms. The lowest BCUT2D eigenvalue weighted by Gasteiger charge is -2.14. The standard InChI is InChI=1S/C23H19F2N3O2S/c1-27-19-5-3-13(9-17(19)24)16-11-21(23(29)28-8-7-15(26)12-28)31-22(16)14-4-6-20(30-2)18(25)10-14/h3-6,9-11,15H,7-8,12,26H2,2H3/t15-/m1/s1. The largest absolute Gasteiger partial charge is 0.494 e. The first-order valence-corrected chi connectivity index (χ1v) is 10.4. The van der Waals surface area contributed by atoms with Crippen LogP contribution in [0.3, 0.4) is 0 Å². The van der Waals surface area contributed by atoms with E-state index in [0.717, 1.165) is 6.42 Å². The second-order valence-corrected chi connectivity index (χ2v) is 8.33. The van der Waals surface area contributed by atoms with Crippen LogP contribution in [-0.2, 0) is 0 Å². The maximum absolute atomic E-state index is 14.4. The fraction of sp³-hybridized carbons (Fsp3) is 0.217. The van der Waals surface area contributed by atoms with Crippen molar-refractivity contribution in [3.63, 3.8) is 0 Å². The van der Waals surface area contributed by atoms with Gasteiger partial charge < -0.3 is 15.4 Å². The van der Waals surface area contributed by atoms with Crippen molar-refractivity contribution >= 4 is 22.9 Å². The maximum Gasteiger partial charge on any atom is 0.264 e. The third kappa shape index (κ3) is 4.02. The first-order chi connectivity index (χ1) is 14.9. The summed E-state index contributed by atoms with van der Waals surface area (Å²) in [4.78, 5) is 19.0. The number of ether oxygens (including phenoxy) is 1. The molecule has 5 nitrogen and oxygen atoms in total. The smallest absolute Gasteiger partial charge is 0.264 e. The highest BCUT2D eigenvalue weighted by molar-refractivity contribution is 7.18. The molecule has 1 atom stereocenters. The van der Waals surface area contributed by atoms with Crippen LogP contribution < -0.4 is 10.5 Å². The fourth-order valence-corrected chi connectivity index (χ4v) is 4.77. The lowest BCUT2D eigenvalue weighted by atomic mass is 10.0. The summed E-state index contributed by atoms with van der Waals surface area (Å²) in [7, 11) is 1.38. The number of nitrogens with two attached hydrogens (primary N) is 1. The average molecular weight is 439 g/mol. The molecule has 4 rings (SSSR count). The number of methoxy groups -OCH3 is 1. The quantitative estimate of drug-likeness (QED) is 0.576. The van der Waals surface area contributed by atoms with Crippen LogP contribution in [-0.4, -0.2) is 37.0 Å². The van der Waals surface area contributed by atoms with Gasteiger partial charge in [0.2, 0.25) is 5.69 Å². The fourth-order valence-electron chi connectivity index (χ4n) is 3.63. The molecule has 1 amide bonds. The van der Waals surface area contributed by atoms with Crippen molar-refractivity contribution < 1.29 is 18.3 Å². The summed E-state index contributed by atoms with van der Waals surface area (Å²) in [5.41, 5.74) is 7.50. The molecule has 0 bridgehead atoms. The summed E-state index contributed by atoms with van der Waals surface area (Å²) in [6.07, 6.45) is 0.740. The molecule has 0 saturated carbocycles. The number of carbonyl (C=O) groups is 1. The van der Waals surface area contributed by atoms with Crippen LogP contribution in [0.25, 0.3) is 26.4 Å². The zero-order valence-corrected chi connectivity index (χ0v) is 17.5. The van der Waals surface area contributed by atoms with Crippen molar-refractivity contribution in [1.82, 2.24) is 4.90 Å². The van der Waals surface area contributed by atoms with Gasteiger partial charge in [0, 0.05) is 29.6 Å². The summed E-state index contributed by atoms with van der Waals surface area (Å²) >= 11 is 1.22. The van der Waals surface area contributed by atoms with E-state index in [1.165, 1.54) is 42.7 Å². The molecule has 0 radical (unpaired) electrons. The molecule has 1 aliphatic heterocycles. The van der Waals surface area contributed by atoms with Gasteiger partial charge in [0.05, 0.1) is 18.6 Å². The number of carbonyl (C=O) groups excluding carboxylic acids is 1. The van der Waals surface area contributed by atoms with Crippen LogP contribution in [0.15, 0.2) is 42.5 Å². The highest BCUT2D eigenvalue weighted by Gasteiger charge is 2.27. The Labute approximate surface area is 182 Å². The van der Waals surface area contributed by atoms with Crippen LogP contribution >= 0.6 is 11.3 Å². The summed E-state index contributed by atoms with van der Waals surface area (Å²) in [5.74, 6) is -1.23. The minimum Gasteiger partial charge on any atom is -0.494 e. The summed E-state index contributed by atoms with van der Waals surface area (Å²) in [5, 5.41) is 0. The molecule has 2 N–H and O–H groups in total. The Kier molecular flexibility index (Phi) is 5.72. The number of thiophene rings is 1. The van der Waals surface area contributed by atoms with Crippen LogP contribution in [0.1, 0.15) is 16.1 Å². The Bertz CT molecular complexity index is 1200. The molecule has 158 valence electrons. The van der Waals surface area contributed by atoms with E-state index in [0.29, 0.717) is 39.5 Å². The Morgan fingerprint density at radius 1 is 1.19 bits per heavy atom. The molecule has 2 aromatic carbocycles. The highest BCUT2D eigenvalue weighted by Crippen LogP contribution is 2.42. The Morgan fingerprint density at radius 2 is 1.94 bits per heavy atom. The molecule has 1 aliphatic rings. The number of halogens is 2. The van der Waals surface area contributed by atoms with Crippen molar-refractivity contribution in [2.45, 2.75) is 12.5 Å². The van der Waals surface area contributed by atoms with Gasteiger partial charge in [-0.1, -0.05) is 12.1 Å². The van der Waals surface area contributed by atoms with Gasteiger partial charge in [-0.2, -0.15) is 0 Å². The number of benzene rings is 2. The summed E-state index contributed by atoms with van der Waals surface area (Å²) < 4.78 is 33.7. The molecular formula is C23H19F2N3O2S. The minimum absolute atomic E-state index is 0.0474. The van der Waals surface area contributed by atoms with Gasteiger partial charge in [-0.3, -0.25) is 4.79 Å². The Morgan fingerprint density at radius 3 is 2.55 bits per heavy atom. The molecule has 2 heterocycles. The monoisotopic (exact) mass is 439 g/mol. The van der Waals surface area contributed by atoms with E-state index in [-0.39, 0.29) is 23.4 Å². The molecule has 1 fully saturated rings. The van der Waals surface area contributed by atoms with Crippen LogP contribution in [0, 0.1) is 18.2 Å². The number of hydrogen-bond donors (Lipinski definition) is 1. The second-order valence-electron chi connectivity index (χ2n) is 7.28. The van der Waals surface area contributed by atoms with Crippen molar-refractivity contribution in [3.05, 3.63) is 70.4 Å². The maximum atomic E-state index is 14.4. The molecule has 31 heavy (non-hydrogen) atoms. The van der Waals surface area contributed by atoms with E-state index >= 15 is 0 Å². The summed E-state index contributed by atoms with van der Waals surface area (Å²) in [6, 6.07) is 10.5. The van der Waals surface area contributed by atoms with E-state index < -0.39 is 11.6 Å². The number of hydrogen-bond acceptors (Lipinski definition) is 4. The van der Waals surface area contributed by atoms with Gasteiger partial charge in [-0.15, -0.1) is 11.3 Å². The molecule has 8 heteroatoms. The predicted molar refractivity (Wildman–Crippen MR) is 116 cm³/mol. The highest BCUT2D eigenvalue weighted by atomic mass is 32.1. The predicted octanol–water partition coefficient (Wildman–Crippen LogP) is 5.09. The van der Waals surface area contributed by atoms with E-state index in [1.807, 2.05) is 0 Å². The van der Waals surface area contributed by atoms with Gasteiger partial charge in [-0.25, -0.2) is 13.6 Å². The van der Waals surface area contributed by atoms with Crippen molar-refractivity contribution in [3.8, 4) is 27.3 Å². The van der Waals surface area contributed by atoms with Crippen LogP contribution in [0.4, 0.5) is 14.5 Å². The number of amides is 1. The zero-order chi connectivity index (χ0) is 22.1. The van der Waals surface area contributed by atoms with Crippen LogP contribution in [0.5, 0.6) is 5.75 Å². The van der Waals surface area contributed by atoms with Crippen LogP contribution in [0.2, 0.25) is 0 Å². The SMILES string of the molecule is [C-]#[N+]c1ccc(-c2cc(C(=O)N3CC[C@@H](N)C3)sc2-c2ccc(OC)c(F)c2)cc1F. The molecule has 1 aromatic heterocycles. The van der Waals surface area contributed by atoms with Gasteiger partial charge in [0.25, 0.3) is 5.91 Å². The number of nitrogens with zero attached hydrogens (tertiary/aromatic N) is 2. The van der Waals surface area contributed by atoms with E-state index in [4.69, 9.17) is 17.0 Å². The minimum atomic E-state index is -0.649. The summed E-state index contributed by atoms with van der Waals surface area (Å²) in [6.45, 7) is 8.10. The zero-order valence-electron chi connectivity index (χ0n) is 16.7.